The van der Waals surface area contributed by atoms with Gasteiger partial charge in [-0.25, -0.2) is 4.79 Å². The SMILES string of the molecule is COC(=O)c1cc(NC(=O)/C=C/c2ccccc2)c(SC)s1. The number of hydrogen-bond donors (Lipinski definition) is 1. The van der Waals surface area contributed by atoms with E-state index < -0.39 is 5.97 Å². The van der Waals surface area contributed by atoms with Crippen LogP contribution >= 0.6 is 23.1 Å². The second kappa shape index (κ2) is 7.82. The van der Waals surface area contributed by atoms with E-state index in [0.717, 1.165) is 9.77 Å². The van der Waals surface area contributed by atoms with Crippen LogP contribution in [0, 0.1) is 0 Å². The monoisotopic (exact) mass is 333 g/mol. The van der Waals surface area contributed by atoms with Crippen molar-refractivity contribution < 1.29 is 14.3 Å². The highest BCUT2D eigenvalue weighted by atomic mass is 32.2. The van der Waals surface area contributed by atoms with E-state index in [1.807, 2.05) is 36.6 Å². The fraction of sp³-hybridized carbons (Fsp3) is 0.125. The molecule has 1 heterocycles. The van der Waals surface area contributed by atoms with Gasteiger partial charge in [-0.3, -0.25) is 4.79 Å². The van der Waals surface area contributed by atoms with Crippen LogP contribution < -0.4 is 5.32 Å². The fourth-order valence-corrected chi connectivity index (χ4v) is 3.42. The maximum Gasteiger partial charge on any atom is 0.348 e. The minimum atomic E-state index is -0.402. The summed E-state index contributed by atoms with van der Waals surface area (Å²) in [4.78, 5) is 24.0. The number of thioether (sulfide) groups is 1. The molecule has 0 saturated carbocycles. The molecule has 1 amide bonds. The highest BCUT2D eigenvalue weighted by Gasteiger charge is 2.15. The lowest BCUT2D eigenvalue weighted by Crippen LogP contribution is -2.07. The molecule has 0 saturated heterocycles. The summed E-state index contributed by atoms with van der Waals surface area (Å²) in [5.41, 5.74) is 1.57. The quantitative estimate of drug-likeness (QED) is 0.512. The molecule has 114 valence electrons. The average molecular weight is 333 g/mol. The Balaban J connectivity index is 2.09. The predicted octanol–water partition coefficient (Wildman–Crippen LogP) is 3.91. The maximum absolute atomic E-state index is 12.0. The van der Waals surface area contributed by atoms with Crippen molar-refractivity contribution in [2.45, 2.75) is 4.21 Å². The maximum atomic E-state index is 12.0. The fourth-order valence-electron chi connectivity index (χ4n) is 1.72. The molecule has 0 radical (unpaired) electrons. The van der Waals surface area contributed by atoms with Gasteiger partial charge >= 0.3 is 5.97 Å². The lowest BCUT2D eigenvalue weighted by molar-refractivity contribution is -0.111. The molecule has 22 heavy (non-hydrogen) atoms. The second-order valence-electron chi connectivity index (χ2n) is 4.24. The molecule has 0 spiro atoms. The van der Waals surface area contributed by atoms with Crippen molar-refractivity contribution in [1.29, 1.82) is 0 Å². The van der Waals surface area contributed by atoms with Crippen LogP contribution in [0.15, 0.2) is 46.7 Å². The first-order valence-corrected chi connectivity index (χ1v) is 8.48. The predicted molar refractivity (Wildman–Crippen MR) is 91.5 cm³/mol. The molecule has 0 atom stereocenters. The molecule has 1 aromatic heterocycles. The number of benzene rings is 1. The Morgan fingerprint density at radius 3 is 2.64 bits per heavy atom. The summed E-state index contributed by atoms with van der Waals surface area (Å²) in [6.07, 6.45) is 5.10. The van der Waals surface area contributed by atoms with E-state index in [4.69, 9.17) is 4.74 Å². The van der Waals surface area contributed by atoms with E-state index in [-0.39, 0.29) is 5.91 Å². The van der Waals surface area contributed by atoms with Gasteiger partial charge in [0.1, 0.15) is 4.88 Å². The van der Waals surface area contributed by atoms with E-state index in [2.05, 4.69) is 5.32 Å². The summed E-state index contributed by atoms with van der Waals surface area (Å²) >= 11 is 2.77. The number of anilines is 1. The normalized spacial score (nSPS) is 10.6. The van der Waals surface area contributed by atoms with E-state index in [9.17, 15) is 9.59 Å². The number of nitrogens with one attached hydrogen (secondary N) is 1. The van der Waals surface area contributed by atoms with Crippen LogP contribution in [0.25, 0.3) is 6.08 Å². The van der Waals surface area contributed by atoms with Gasteiger partial charge in [0.05, 0.1) is 17.0 Å². The van der Waals surface area contributed by atoms with Crippen LogP contribution in [0.5, 0.6) is 0 Å². The Morgan fingerprint density at radius 1 is 1.27 bits per heavy atom. The van der Waals surface area contributed by atoms with Crippen molar-refractivity contribution in [3.05, 3.63) is 52.9 Å². The third kappa shape index (κ3) is 4.22. The minimum Gasteiger partial charge on any atom is -0.465 e. The molecule has 1 N–H and O–H groups in total. The Morgan fingerprint density at radius 2 is 2.00 bits per heavy atom. The molecule has 4 nitrogen and oxygen atoms in total. The lowest BCUT2D eigenvalue weighted by atomic mass is 10.2. The molecule has 0 aliphatic rings. The van der Waals surface area contributed by atoms with Crippen molar-refractivity contribution in [1.82, 2.24) is 0 Å². The molecular formula is C16H15NO3S2. The van der Waals surface area contributed by atoms with Crippen molar-refractivity contribution in [2.24, 2.45) is 0 Å². The van der Waals surface area contributed by atoms with Crippen molar-refractivity contribution in [3.63, 3.8) is 0 Å². The third-order valence-corrected chi connectivity index (χ3v) is 5.01. The lowest BCUT2D eigenvalue weighted by Gasteiger charge is -2.01. The van der Waals surface area contributed by atoms with Gasteiger partial charge in [-0.1, -0.05) is 30.3 Å². The Kier molecular flexibility index (Phi) is 5.80. The van der Waals surface area contributed by atoms with Crippen molar-refractivity contribution in [3.8, 4) is 0 Å². The molecule has 2 rings (SSSR count). The number of methoxy groups -OCH3 is 1. The van der Waals surface area contributed by atoms with Crippen LogP contribution in [0.4, 0.5) is 5.69 Å². The Hall–Kier alpha value is -2.05. The molecule has 6 heteroatoms. The van der Waals surface area contributed by atoms with Gasteiger partial charge in [-0.2, -0.15) is 0 Å². The smallest absolute Gasteiger partial charge is 0.348 e. The zero-order valence-electron chi connectivity index (χ0n) is 12.2. The van der Waals surface area contributed by atoms with Crippen LogP contribution in [-0.2, 0) is 9.53 Å². The number of thiophene rings is 1. The van der Waals surface area contributed by atoms with Crippen molar-refractivity contribution >= 4 is 46.7 Å². The average Bonchev–Trinajstić information content (AvgIpc) is 2.96. The summed E-state index contributed by atoms with van der Waals surface area (Å²) in [5, 5.41) is 2.79. The molecule has 0 bridgehead atoms. The standard InChI is InChI=1S/C16H15NO3S2/c1-20-15(19)13-10-12(16(21-2)22-13)17-14(18)9-8-11-6-4-3-5-7-11/h3-10H,1-2H3,(H,17,18)/b9-8+. The Bertz CT molecular complexity index is 693. The number of esters is 1. The van der Waals surface area contributed by atoms with E-state index in [0.29, 0.717) is 10.6 Å². The molecule has 0 aliphatic heterocycles. The van der Waals surface area contributed by atoms with Crippen molar-refractivity contribution in [2.75, 3.05) is 18.7 Å². The summed E-state index contributed by atoms with van der Waals surface area (Å²) in [6, 6.07) is 11.2. The zero-order valence-corrected chi connectivity index (χ0v) is 13.8. The van der Waals surface area contributed by atoms with Gasteiger partial charge in [-0.15, -0.1) is 23.1 Å². The number of carbonyl (C=O) groups excluding carboxylic acids is 2. The molecule has 0 unspecified atom stereocenters. The minimum absolute atomic E-state index is 0.242. The first-order chi connectivity index (χ1) is 10.6. The van der Waals surface area contributed by atoms with E-state index >= 15 is 0 Å². The summed E-state index contributed by atoms with van der Waals surface area (Å²) < 4.78 is 5.56. The first-order valence-electron chi connectivity index (χ1n) is 6.44. The van der Waals surface area contributed by atoms with Gasteiger partial charge in [-0.05, 0) is 24.0 Å². The summed E-state index contributed by atoms with van der Waals surface area (Å²) in [6.45, 7) is 0. The highest BCUT2D eigenvalue weighted by molar-refractivity contribution is 8.00. The second-order valence-corrected chi connectivity index (χ2v) is 6.37. The van der Waals surface area contributed by atoms with Gasteiger partial charge < -0.3 is 10.1 Å². The summed E-state index contributed by atoms with van der Waals surface area (Å²) in [5.74, 6) is -0.644. The number of amides is 1. The van der Waals surface area contributed by atoms with Gasteiger partial charge in [0.2, 0.25) is 5.91 Å². The number of ether oxygens (including phenoxy) is 1. The van der Waals surface area contributed by atoms with Gasteiger partial charge in [0.25, 0.3) is 0 Å². The highest BCUT2D eigenvalue weighted by Crippen LogP contribution is 2.35. The molecular weight excluding hydrogens is 318 g/mol. The topological polar surface area (TPSA) is 55.4 Å². The van der Waals surface area contributed by atoms with Gasteiger partial charge in [0.15, 0.2) is 0 Å². The van der Waals surface area contributed by atoms with Crippen LogP contribution in [0.1, 0.15) is 15.2 Å². The summed E-state index contributed by atoms with van der Waals surface area (Å²) in [7, 11) is 1.33. The van der Waals surface area contributed by atoms with Crippen LogP contribution in [-0.4, -0.2) is 25.2 Å². The number of rotatable bonds is 5. The van der Waals surface area contributed by atoms with Crippen LogP contribution in [0.3, 0.4) is 0 Å². The number of carbonyl (C=O) groups is 2. The molecule has 0 fully saturated rings. The zero-order chi connectivity index (χ0) is 15.9. The molecule has 0 aliphatic carbocycles. The van der Waals surface area contributed by atoms with E-state index in [1.165, 1.54) is 36.3 Å². The van der Waals surface area contributed by atoms with Crippen LogP contribution in [0.2, 0.25) is 0 Å². The van der Waals surface area contributed by atoms with Gasteiger partial charge in [0, 0.05) is 6.08 Å². The third-order valence-electron chi connectivity index (χ3n) is 2.75. The Labute approximate surface area is 137 Å². The number of hydrogen-bond acceptors (Lipinski definition) is 5. The molecule has 1 aromatic carbocycles. The first kappa shape index (κ1) is 16.3. The molecule has 2 aromatic rings. The largest absolute Gasteiger partial charge is 0.465 e. The van der Waals surface area contributed by atoms with E-state index in [1.54, 1.807) is 12.1 Å².